The van der Waals surface area contributed by atoms with E-state index in [-0.39, 0.29) is 5.91 Å². The van der Waals surface area contributed by atoms with Crippen LogP contribution in [0.2, 0.25) is 0 Å². The molecule has 2 rings (SSSR count). The second-order valence-corrected chi connectivity index (χ2v) is 6.54. The zero-order valence-corrected chi connectivity index (χ0v) is 16.1. The number of hydrogen-bond donors (Lipinski definition) is 1. The lowest BCUT2D eigenvalue weighted by Gasteiger charge is -2.20. The fourth-order valence-electron chi connectivity index (χ4n) is 3.16. The van der Waals surface area contributed by atoms with E-state index < -0.39 is 0 Å². The second kappa shape index (κ2) is 9.25. The summed E-state index contributed by atoms with van der Waals surface area (Å²) in [5, 5.41) is 12.5. The normalized spacial score (nSPS) is 10.9. The molecule has 2 aromatic rings. The average Bonchev–Trinajstić information content (AvgIpc) is 3.19. The summed E-state index contributed by atoms with van der Waals surface area (Å²) in [4.78, 5) is 14.8. The van der Waals surface area contributed by atoms with E-state index in [0.29, 0.717) is 24.5 Å². The van der Waals surface area contributed by atoms with Gasteiger partial charge in [-0.25, -0.2) is 0 Å². The summed E-state index contributed by atoms with van der Waals surface area (Å²) < 4.78 is 7.38. The van der Waals surface area contributed by atoms with Crippen molar-refractivity contribution < 1.29 is 9.21 Å². The Labute approximate surface area is 155 Å². The lowest BCUT2D eigenvalue weighted by molar-refractivity contribution is -0.117. The van der Waals surface area contributed by atoms with Crippen molar-refractivity contribution in [2.75, 3.05) is 25.0 Å². The number of rotatable bonds is 9. The Morgan fingerprint density at radius 2 is 2.00 bits per heavy atom. The third kappa shape index (κ3) is 4.55. The first-order valence-corrected chi connectivity index (χ1v) is 9.16. The van der Waals surface area contributed by atoms with E-state index in [1.165, 1.54) is 0 Å². The van der Waals surface area contributed by atoms with Gasteiger partial charge in [-0.3, -0.25) is 9.69 Å². The van der Waals surface area contributed by atoms with Crippen LogP contribution in [0.3, 0.4) is 0 Å². The SMILES string of the molecule is CCCN(CCC)CC(=O)Nc1c(C#N)c(C)c(C)n1Cc1ccco1. The molecule has 0 saturated heterocycles. The van der Waals surface area contributed by atoms with Crippen LogP contribution in [-0.2, 0) is 11.3 Å². The Balaban J connectivity index is 2.25. The summed E-state index contributed by atoms with van der Waals surface area (Å²) in [6.07, 6.45) is 3.63. The van der Waals surface area contributed by atoms with Gasteiger partial charge in [0.2, 0.25) is 5.91 Å². The highest BCUT2D eigenvalue weighted by Crippen LogP contribution is 2.27. The Kier molecular flexibility index (Phi) is 7.05. The van der Waals surface area contributed by atoms with E-state index >= 15 is 0 Å². The molecule has 6 nitrogen and oxygen atoms in total. The topological polar surface area (TPSA) is 74.2 Å². The highest BCUT2D eigenvalue weighted by atomic mass is 16.3. The first kappa shape index (κ1) is 19.8. The summed E-state index contributed by atoms with van der Waals surface area (Å²) in [6, 6.07) is 5.95. The summed E-state index contributed by atoms with van der Waals surface area (Å²) in [6.45, 7) is 10.7. The molecule has 6 heteroatoms. The van der Waals surface area contributed by atoms with Crippen molar-refractivity contribution in [3.05, 3.63) is 41.0 Å². The zero-order chi connectivity index (χ0) is 19.1. The Morgan fingerprint density at radius 1 is 1.31 bits per heavy atom. The molecule has 0 aromatic carbocycles. The quantitative estimate of drug-likeness (QED) is 0.744. The van der Waals surface area contributed by atoms with Gasteiger partial charge in [0.25, 0.3) is 0 Å². The molecule has 2 heterocycles. The molecule has 0 aliphatic heterocycles. The number of carbonyl (C=O) groups excluding carboxylic acids is 1. The van der Waals surface area contributed by atoms with E-state index in [0.717, 1.165) is 42.9 Å². The van der Waals surface area contributed by atoms with Gasteiger partial charge in [-0.2, -0.15) is 5.26 Å². The van der Waals surface area contributed by atoms with Gasteiger partial charge in [0, 0.05) is 5.69 Å². The first-order chi connectivity index (χ1) is 12.5. The molecular formula is C20H28N4O2. The van der Waals surface area contributed by atoms with Crippen molar-refractivity contribution in [2.24, 2.45) is 0 Å². The van der Waals surface area contributed by atoms with Crippen LogP contribution in [0.1, 0.15) is 49.3 Å². The molecule has 1 N–H and O–H groups in total. The van der Waals surface area contributed by atoms with Crippen molar-refractivity contribution in [2.45, 2.75) is 47.1 Å². The molecule has 0 aliphatic carbocycles. The van der Waals surface area contributed by atoms with E-state index in [1.54, 1.807) is 6.26 Å². The molecule has 0 unspecified atom stereocenters. The maximum Gasteiger partial charge on any atom is 0.239 e. The summed E-state index contributed by atoms with van der Waals surface area (Å²) in [5.74, 6) is 1.24. The predicted molar refractivity (Wildman–Crippen MR) is 102 cm³/mol. The third-order valence-electron chi connectivity index (χ3n) is 4.54. The molecule has 0 saturated carbocycles. The molecule has 26 heavy (non-hydrogen) atoms. The molecule has 0 aliphatic rings. The number of hydrogen-bond acceptors (Lipinski definition) is 4. The minimum absolute atomic E-state index is 0.0957. The van der Waals surface area contributed by atoms with Gasteiger partial charge in [0.15, 0.2) is 0 Å². The Bertz CT molecular complexity index is 763. The first-order valence-electron chi connectivity index (χ1n) is 9.16. The van der Waals surface area contributed by atoms with Gasteiger partial charge in [-0.1, -0.05) is 13.8 Å². The number of furan rings is 1. The molecule has 0 radical (unpaired) electrons. The van der Waals surface area contributed by atoms with Crippen LogP contribution in [0.15, 0.2) is 22.8 Å². The van der Waals surface area contributed by atoms with Crippen LogP contribution in [0, 0.1) is 25.2 Å². The lowest BCUT2D eigenvalue weighted by atomic mass is 10.2. The molecule has 140 valence electrons. The molecule has 1 amide bonds. The summed E-state index contributed by atoms with van der Waals surface area (Å²) in [7, 11) is 0. The fourth-order valence-corrected chi connectivity index (χ4v) is 3.16. The molecule has 0 bridgehead atoms. The van der Waals surface area contributed by atoms with Gasteiger partial charge in [-0.05, 0) is 57.5 Å². The van der Waals surface area contributed by atoms with Gasteiger partial charge in [0.1, 0.15) is 17.6 Å². The maximum atomic E-state index is 12.6. The summed E-state index contributed by atoms with van der Waals surface area (Å²) >= 11 is 0. The molecule has 0 spiro atoms. The molecule has 0 atom stereocenters. The van der Waals surface area contributed by atoms with Gasteiger partial charge < -0.3 is 14.3 Å². The van der Waals surface area contributed by atoms with Crippen molar-refractivity contribution in [1.82, 2.24) is 9.47 Å². The molecular weight excluding hydrogens is 328 g/mol. The van der Waals surface area contributed by atoms with Gasteiger partial charge >= 0.3 is 0 Å². The standard InChI is InChI=1S/C20H28N4O2/c1-5-9-23(10-6-2)14-19(25)22-20-18(12-21)15(3)16(4)24(20)13-17-8-7-11-26-17/h7-8,11H,5-6,9-10,13-14H2,1-4H3,(H,22,25). The number of amides is 1. The minimum atomic E-state index is -0.0957. The Morgan fingerprint density at radius 3 is 2.54 bits per heavy atom. The van der Waals surface area contributed by atoms with Crippen LogP contribution in [-0.4, -0.2) is 35.0 Å². The average molecular weight is 356 g/mol. The van der Waals surface area contributed by atoms with E-state index in [2.05, 4.69) is 30.1 Å². The van der Waals surface area contributed by atoms with E-state index in [1.807, 2.05) is 30.5 Å². The van der Waals surface area contributed by atoms with Crippen molar-refractivity contribution >= 4 is 11.7 Å². The van der Waals surface area contributed by atoms with Crippen LogP contribution in [0.25, 0.3) is 0 Å². The number of aromatic nitrogens is 1. The third-order valence-corrected chi connectivity index (χ3v) is 4.54. The number of nitriles is 1. The second-order valence-electron chi connectivity index (χ2n) is 6.54. The van der Waals surface area contributed by atoms with E-state index in [9.17, 15) is 10.1 Å². The lowest BCUT2D eigenvalue weighted by Crippen LogP contribution is -2.35. The number of nitrogens with one attached hydrogen (secondary N) is 1. The van der Waals surface area contributed by atoms with Crippen LogP contribution >= 0.6 is 0 Å². The molecule has 2 aromatic heterocycles. The highest BCUT2D eigenvalue weighted by molar-refractivity contribution is 5.93. The summed E-state index contributed by atoms with van der Waals surface area (Å²) in [5.41, 5.74) is 2.35. The van der Waals surface area contributed by atoms with Crippen LogP contribution in [0.5, 0.6) is 0 Å². The van der Waals surface area contributed by atoms with Crippen molar-refractivity contribution in [3.63, 3.8) is 0 Å². The van der Waals surface area contributed by atoms with Crippen molar-refractivity contribution in [3.8, 4) is 6.07 Å². The van der Waals surface area contributed by atoms with Gasteiger partial charge in [-0.15, -0.1) is 0 Å². The fraction of sp³-hybridized carbons (Fsp3) is 0.500. The van der Waals surface area contributed by atoms with Crippen molar-refractivity contribution in [1.29, 1.82) is 5.26 Å². The minimum Gasteiger partial charge on any atom is -0.467 e. The smallest absolute Gasteiger partial charge is 0.239 e. The number of nitrogens with zero attached hydrogens (tertiary/aromatic N) is 3. The molecule has 0 fully saturated rings. The maximum absolute atomic E-state index is 12.6. The zero-order valence-electron chi connectivity index (χ0n) is 16.1. The van der Waals surface area contributed by atoms with Crippen LogP contribution in [0.4, 0.5) is 5.82 Å². The predicted octanol–water partition coefficient (Wildman–Crippen LogP) is 3.68. The van der Waals surface area contributed by atoms with E-state index in [4.69, 9.17) is 4.42 Å². The van der Waals surface area contributed by atoms with Crippen LogP contribution < -0.4 is 5.32 Å². The largest absolute Gasteiger partial charge is 0.467 e. The number of anilines is 1. The Hall–Kier alpha value is -2.52. The van der Waals surface area contributed by atoms with Gasteiger partial charge in [0.05, 0.1) is 24.9 Å². The highest BCUT2D eigenvalue weighted by Gasteiger charge is 2.21. The number of carbonyl (C=O) groups is 1. The monoisotopic (exact) mass is 356 g/mol.